The lowest BCUT2D eigenvalue weighted by Gasteiger charge is -2.21. The third-order valence-electron chi connectivity index (χ3n) is 3.90. The molecule has 0 aromatic heterocycles. The third-order valence-corrected chi connectivity index (χ3v) is 4.49. The molecule has 2 aromatic carbocycles. The summed E-state index contributed by atoms with van der Waals surface area (Å²) in [6.07, 6.45) is 2.20. The van der Waals surface area contributed by atoms with Gasteiger partial charge in [0.05, 0.1) is 12.5 Å². The number of fused-ring (bicyclic) bond motifs is 1. The molecule has 2 aromatic rings. The minimum absolute atomic E-state index is 0.0609. The smallest absolute Gasteiger partial charge is 0.126 e. The highest BCUT2D eigenvalue weighted by Gasteiger charge is 2.20. The van der Waals surface area contributed by atoms with Gasteiger partial charge < -0.3 is 4.74 Å². The first-order valence-electron chi connectivity index (χ1n) is 6.92. The monoisotopic (exact) mass is 276 g/mol. The minimum Gasteiger partial charge on any atom is -0.496 e. The number of alkyl halides is 1. The van der Waals surface area contributed by atoms with Crippen molar-refractivity contribution in [2.45, 2.75) is 32.1 Å². The fourth-order valence-corrected chi connectivity index (χ4v) is 3.22. The predicted molar refractivity (Wildman–Crippen MR) is 83.2 cm³/mol. The zero-order valence-electron chi connectivity index (χ0n) is 11.8. The van der Waals surface area contributed by atoms with Crippen molar-refractivity contribution < 1.29 is 4.74 Å². The molecule has 0 bridgehead atoms. The minimum atomic E-state index is 0.0609. The Morgan fingerprint density at radius 2 is 1.63 bits per heavy atom. The largest absolute Gasteiger partial charge is 0.496 e. The van der Waals surface area contributed by atoms with E-state index in [1.54, 1.807) is 7.11 Å². The molecule has 0 amide bonds. The van der Waals surface area contributed by atoms with Gasteiger partial charge in [-0.15, -0.1) is 11.6 Å². The molecule has 0 N–H and O–H groups in total. The lowest BCUT2D eigenvalue weighted by molar-refractivity contribution is 0.419. The van der Waals surface area contributed by atoms with Gasteiger partial charge in [0, 0.05) is 5.39 Å². The molecule has 0 aliphatic heterocycles. The van der Waals surface area contributed by atoms with E-state index in [1.807, 2.05) is 12.1 Å². The number of hydrogen-bond donors (Lipinski definition) is 0. The Hall–Kier alpha value is -1.21. The van der Waals surface area contributed by atoms with Crippen LogP contribution in [0.1, 0.15) is 37.6 Å². The van der Waals surface area contributed by atoms with E-state index >= 15 is 0 Å². The number of halogens is 1. The van der Waals surface area contributed by atoms with Crippen LogP contribution in [-0.2, 0) is 0 Å². The SMILES string of the molecule is CCC(CC)C(Cl)c1ccc(OC)c2ccccc12. The van der Waals surface area contributed by atoms with Crippen molar-refractivity contribution in [3.63, 3.8) is 0 Å². The summed E-state index contributed by atoms with van der Waals surface area (Å²) in [6, 6.07) is 12.4. The van der Waals surface area contributed by atoms with Gasteiger partial charge in [-0.2, -0.15) is 0 Å². The van der Waals surface area contributed by atoms with Crippen LogP contribution in [0, 0.1) is 5.92 Å². The average Bonchev–Trinajstić information content (AvgIpc) is 2.47. The standard InChI is InChI=1S/C17H21ClO/c1-4-12(5-2)17(18)15-10-11-16(19-3)14-9-7-6-8-13(14)15/h6-12,17H,4-5H2,1-3H3. The molecule has 0 aliphatic rings. The van der Waals surface area contributed by atoms with E-state index in [1.165, 1.54) is 10.9 Å². The molecule has 1 unspecified atom stereocenters. The predicted octanol–water partition coefficient (Wildman–Crippen LogP) is 5.56. The van der Waals surface area contributed by atoms with E-state index in [9.17, 15) is 0 Å². The van der Waals surface area contributed by atoms with Crippen LogP contribution in [0.5, 0.6) is 5.75 Å². The van der Waals surface area contributed by atoms with Crippen LogP contribution in [0.2, 0.25) is 0 Å². The maximum atomic E-state index is 6.71. The van der Waals surface area contributed by atoms with Gasteiger partial charge in [-0.25, -0.2) is 0 Å². The van der Waals surface area contributed by atoms with Crippen molar-refractivity contribution in [3.05, 3.63) is 42.0 Å². The van der Waals surface area contributed by atoms with E-state index in [-0.39, 0.29) is 5.38 Å². The Labute approximate surface area is 120 Å². The van der Waals surface area contributed by atoms with Crippen molar-refractivity contribution in [1.29, 1.82) is 0 Å². The second kappa shape index (κ2) is 6.29. The zero-order valence-corrected chi connectivity index (χ0v) is 12.6. The molecule has 19 heavy (non-hydrogen) atoms. The van der Waals surface area contributed by atoms with Gasteiger partial charge in [-0.1, -0.05) is 57.0 Å². The second-order valence-electron chi connectivity index (χ2n) is 4.88. The summed E-state index contributed by atoms with van der Waals surface area (Å²) < 4.78 is 5.43. The van der Waals surface area contributed by atoms with Crippen LogP contribution >= 0.6 is 11.6 Å². The van der Waals surface area contributed by atoms with E-state index in [0.717, 1.165) is 24.0 Å². The number of hydrogen-bond acceptors (Lipinski definition) is 1. The Morgan fingerprint density at radius 3 is 2.21 bits per heavy atom. The highest BCUT2D eigenvalue weighted by Crippen LogP contribution is 2.39. The van der Waals surface area contributed by atoms with Crippen molar-refractivity contribution in [2.24, 2.45) is 5.92 Å². The Morgan fingerprint density at radius 1 is 1.00 bits per heavy atom. The van der Waals surface area contributed by atoms with Gasteiger partial charge in [0.2, 0.25) is 0 Å². The lowest BCUT2D eigenvalue weighted by Crippen LogP contribution is -2.06. The Balaban J connectivity index is 2.55. The molecule has 0 spiro atoms. The van der Waals surface area contributed by atoms with E-state index in [0.29, 0.717) is 5.92 Å². The summed E-state index contributed by atoms with van der Waals surface area (Å²) in [5, 5.41) is 2.40. The van der Waals surface area contributed by atoms with Gasteiger partial charge in [0.15, 0.2) is 0 Å². The highest BCUT2D eigenvalue weighted by atomic mass is 35.5. The van der Waals surface area contributed by atoms with Crippen molar-refractivity contribution in [1.82, 2.24) is 0 Å². The van der Waals surface area contributed by atoms with Crippen molar-refractivity contribution in [3.8, 4) is 5.75 Å². The summed E-state index contributed by atoms with van der Waals surface area (Å²) in [5.74, 6) is 1.42. The number of methoxy groups -OCH3 is 1. The van der Waals surface area contributed by atoms with Crippen LogP contribution in [0.15, 0.2) is 36.4 Å². The number of ether oxygens (including phenoxy) is 1. The molecular formula is C17H21ClO. The molecule has 102 valence electrons. The van der Waals surface area contributed by atoms with Crippen molar-refractivity contribution in [2.75, 3.05) is 7.11 Å². The first-order chi connectivity index (χ1) is 9.22. The van der Waals surface area contributed by atoms with E-state index in [4.69, 9.17) is 16.3 Å². The Kier molecular flexibility index (Phi) is 4.71. The molecular weight excluding hydrogens is 256 g/mol. The first-order valence-corrected chi connectivity index (χ1v) is 7.36. The van der Waals surface area contributed by atoms with Gasteiger partial charge in [0.1, 0.15) is 5.75 Å². The van der Waals surface area contributed by atoms with Crippen molar-refractivity contribution >= 4 is 22.4 Å². The second-order valence-corrected chi connectivity index (χ2v) is 5.35. The number of benzene rings is 2. The highest BCUT2D eigenvalue weighted by molar-refractivity contribution is 6.22. The maximum Gasteiger partial charge on any atom is 0.126 e. The molecule has 0 saturated carbocycles. The summed E-state index contributed by atoms with van der Waals surface area (Å²) >= 11 is 6.71. The molecule has 0 aliphatic carbocycles. The molecule has 2 rings (SSSR count). The maximum absolute atomic E-state index is 6.71. The molecule has 0 saturated heterocycles. The molecule has 2 heteroatoms. The topological polar surface area (TPSA) is 9.23 Å². The van der Waals surface area contributed by atoms with Crippen LogP contribution in [0.25, 0.3) is 10.8 Å². The van der Waals surface area contributed by atoms with E-state index < -0.39 is 0 Å². The van der Waals surface area contributed by atoms with Crippen LogP contribution in [0.4, 0.5) is 0 Å². The van der Waals surface area contributed by atoms with Gasteiger partial charge in [-0.3, -0.25) is 0 Å². The van der Waals surface area contributed by atoms with Gasteiger partial charge in [0.25, 0.3) is 0 Å². The first kappa shape index (κ1) is 14.2. The fourth-order valence-electron chi connectivity index (χ4n) is 2.67. The lowest BCUT2D eigenvalue weighted by atomic mass is 9.91. The van der Waals surface area contributed by atoms with Crippen LogP contribution in [0.3, 0.4) is 0 Å². The summed E-state index contributed by atoms with van der Waals surface area (Å²) in [7, 11) is 1.71. The van der Waals surface area contributed by atoms with Crippen LogP contribution < -0.4 is 4.74 Å². The van der Waals surface area contributed by atoms with Gasteiger partial charge >= 0.3 is 0 Å². The molecule has 1 nitrogen and oxygen atoms in total. The Bertz CT molecular complexity index is 546. The summed E-state index contributed by atoms with van der Waals surface area (Å²) in [5.41, 5.74) is 1.21. The van der Waals surface area contributed by atoms with Gasteiger partial charge in [-0.05, 0) is 22.9 Å². The summed E-state index contributed by atoms with van der Waals surface area (Å²) in [4.78, 5) is 0. The molecule has 0 heterocycles. The quantitative estimate of drug-likeness (QED) is 0.649. The molecule has 0 fully saturated rings. The van der Waals surface area contributed by atoms with Crippen LogP contribution in [-0.4, -0.2) is 7.11 Å². The molecule has 1 atom stereocenters. The third kappa shape index (κ3) is 2.71. The fraction of sp³-hybridized carbons (Fsp3) is 0.412. The summed E-state index contributed by atoms with van der Waals surface area (Å²) in [6.45, 7) is 4.41. The normalized spacial score (nSPS) is 12.9. The average molecular weight is 277 g/mol. The van der Waals surface area contributed by atoms with E-state index in [2.05, 4.69) is 38.1 Å². The molecule has 0 radical (unpaired) electrons. The zero-order chi connectivity index (χ0) is 13.8. The number of rotatable bonds is 5.